The summed E-state index contributed by atoms with van der Waals surface area (Å²) in [5.74, 6) is -0.193. The summed E-state index contributed by atoms with van der Waals surface area (Å²) in [4.78, 5) is 17.0. The number of benzene rings is 1. The molecule has 2 heterocycles. The second kappa shape index (κ2) is 5.14. The number of aliphatic hydroxyl groups excluding tert-OH is 2. The molecule has 2 aromatic rings. The lowest BCUT2D eigenvalue weighted by Gasteiger charge is -2.14. The Morgan fingerprint density at radius 2 is 1.80 bits per heavy atom. The van der Waals surface area contributed by atoms with Gasteiger partial charge in [0.15, 0.2) is 0 Å². The maximum Gasteiger partial charge on any atom is 0.256 e. The third-order valence-corrected chi connectivity index (χ3v) is 5.34. The Labute approximate surface area is 131 Å². The molecule has 1 aromatic carbocycles. The fourth-order valence-corrected chi connectivity index (χ4v) is 3.09. The highest BCUT2D eigenvalue weighted by Gasteiger charge is 2.33. The number of amides is 1. The number of likely N-dealkylation sites (tertiary alicyclic amines) is 1. The Balaban J connectivity index is 1.98. The van der Waals surface area contributed by atoms with Gasteiger partial charge in [-0.3, -0.25) is 4.79 Å². The van der Waals surface area contributed by atoms with Gasteiger partial charge in [-0.25, -0.2) is 0 Å². The fraction of sp³-hybridized carbons (Fsp3) is 0.308. The summed E-state index contributed by atoms with van der Waals surface area (Å²) in [5.41, 5.74) is 1.39. The largest absolute Gasteiger partial charge is 0.388 e. The Morgan fingerprint density at radius 1 is 1.20 bits per heavy atom. The van der Waals surface area contributed by atoms with Crippen molar-refractivity contribution in [3.63, 3.8) is 0 Å². The molecule has 1 aliphatic heterocycles. The molecule has 1 amide bonds. The van der Waals surface area contributed by atoms with Gasteiger partial charge in [0.2, 0.25) is 0 Å². The summed E-state index contributed by atoms with van der Waals surface area (Å²) in [6, 6.07) is 3.76. The molecule has 0 bridgehead atoms. The summed E-state index contributed by atoms with van der Waals surface area (Å²) in [6.07, 6.45) is -0.0850. The third kappa shape index (κ3) is 2.28. The van der Waals surface area contributed by atoms with Crippen LogP contribution in [-0.4, -0.2) is 51.3 Å². The zero-order chi connectivity index (χ0) is 14.4. The highest BCUT2D eigenvalue weighted by atomic mass is 79.9. The van der Waals surface area contributed by atoms with E-state index in [0.29, 0.717) is 5.56 Å². The standard InChI is InChI=1S/C13H12Br2N2O3/c14-8-1-6-7(3-16-10(6)2-9(8)15)13(20)17-4-11(18)12(19)5-17/h1-3,11-12,16,18-19H,4-5H2. The van der Waals surface area contributed by atoms with Crippen molar-refractivity contribution in [3.8, 4) is 0 Å². The van der Waals surface area contributed by atoms with Crippen LogP contribution in [0.15, 0.2) is 27.3 Å². The summed E-state index contributed by atoms with van der Waals surface area (Å²) in [5, 5.41) is 19.9. The molecule has 3 rings (SSSR count). The minimum absolute atomic E-state index is 0.157. The highest BCUT2D eigenvalue weighted by Crippen LogP contribution is 2.30. The minimum Gasteiger partial charge on any atom is -0.388 e. The van der Waals surface area contributed by atoms with E-state index in [4.69, 9.17) is 0 Å². The van der Waals surface area contributed by atoms with Gasteiger partial charge in [-0.05, 0) is 44.0 Å². The van der Waals surface area contributed by atoms with E-state index in [1.165, 1.54) is 4.90 Å². The van der Waals surface area contributed by atoms with E-state index in [0.717, 1.165) is 19.8 Å². The lowest BCUT2D eigenvalue weighted by Crippen LogP contribution is -2.29. The Hall–Kier alpha value is -0.890. The molecule has 20 heavy (non-hydrogen) atoms. The molecule has 106 valence electrons. The Morgan fingerprint density at radius 3 is 2.45 bits per heavy atom. The lowest BCUT2D eigenvalue weighted by atomic mass is 10.1. The van der Waals surface area contributed by atoms with Crippen molar-refractivity contribution in [2.45, 2.75) is 12.2 Å². The van der Waals surface area contributed by atoms with Crippen LogP contribution in [0.25, 0.3) is 10.9 Å². The van der Waals surface area contributed by atoms with Crippen molar-refractivity contribution in [1.82, 2.24) is 9.88 Å². The van der Waals surface area contributed by atoms with E-state index in [2.05, 4.69) is 36.8 Å². The van der Waals surface area contributed by atoms with E-state index in [1.54, 1.807) is 6.20 Å². The predicted octanol–water partition coefficient (Wildman–Crippen LogP) is 1.87. The maximum absolute atomic E-state index is 12.5. The number of carbonyl (C=O) groups is 1. The second-order valence-corrected chi connectivity index (χ2v) is 6.57. The topological polar surface area (TPSA) is 76.6 Å². The molecule has 7 heteroatoms. The zero-order valence-electron chi connectivity index (χ0n) is 10.3. The van der Waals surface area contributed by atoms with Crippen LogP contribution in [-0.2, 0) is 0 Å². The van der Waals surface area contributed by atoms with Crippen molar-refractivity contribution in [1.29, 1.82) is 0 Å². The molecule has 1 saturated heterocycles. The Kier molecular flexibility index (Phi) is 3.62. The van der Waals surface area contributed by atoms with Gasteiger partial charge in [0.25, 0.3) is 5.91 Å². The molecule has 3 N–H and O–H groups in total. The van der Waals surface area contributed by atoms with E-state index < -0.39 is 12.2 Å². The number of β-amino-alcohol motifs (C(OH)–C–C–N with tert-alkyl or cyclic N) is 2. The number of aromatic amines is 1. The molecule has 0 radical (unpaired) electrons. The van der Waals surface area contributed by atoms with Gasteiger partial charge in [0.1, 0.15) is 0 Å². The first-order chi connectivity index (χ1) is 9.47. The van der Waals surface area contributed by atoms with E-state index in [9.17, 15) is 15.0 Å². The number of nitrogens with zero attached hydrogens (tertiary/aromatic N) is 1. The minimum atomic E-state index is -0.870. The van der Waals surface area contributed by atoms with Crippen molar-refractivity contribution in [2.24, 2.45) is 0 Å². The van der Waals surface area contributed by atoms with Gasteiger partial charge in [-0.15, -0.1) is 0 Å². The molecule has 1 fully saturated rings. The number of aliphatic hydroxyl groups is 2. The fourth-order valence-electron chi connectivity index (χ4n) is 2.40. The zero-order valence-corrected chi connectivity index (χ0v) is 13.5. The predicted molar refractivity (Wildman–Crippen MR) is 81.6 cm³/mol. The Bertz CT molecular complexity index is 676. The second-order valence-electron chi connectivity index (χ2n) is 4.86. The molecule has 1 aromatic heterocycles. The van der Waals surface area contributed by atoms with Crippen LogP contribution >= 0.6 is 31.9 Å². The van der Waals surface area contributed by atoms with E-state index in [-0.39, 0.29) is 19.0 Å². The van der Waals surface area contributed by atoms with Crippen molar-refractivity contribution >= 4 is 48.7 Å². The number of rotatable bonds is 1. The van der Waals surface area contributed by atoms with Gasteiger partial charge < -0.3 is 20.1 Å². The molecule has 1 aliphatic rings. The lowest BCUT2D eigenvalue weighted by molar-refractivity contribution is 0.0572. The monoisotopic (exact) mass is 402 g/mol. The number of nitrogens with one attached hydrogen (secondary N) is 1. The summed E-state index contributed by atoms with van der Waals surface area (Å²) in [6.45, 7) is 0.314. The van der Waals surface area contributed by atoms with Crippen LogP contribution < -0.4 is 0 Å². The van der Waals surface area contributed by atoms with E-state index in [1.807, 2.05) is 12.1 Å². The number of hydrogen-bond acceptors (Lipinski definition) is 3. The molecule has 2 unspecified atom stereocenters. The summed E-state index contributed by atoms with van der Waals surface area (Å²) in [7, 11) is 0. The van der Waals surface area contributed by atoms with E-state index >= 15 is 0 Å². The number of hydrogen-bond donors (Lipinski definition) is 3. The third-order valence-electron chi connectivity index (χ3n) is 3.50. The van der Waals surface area contributed by atoms with Crippen molar-refractivity contribution in [3.05, 3.63) is 32.8 Å². The van der Waals surface area contributed by atoms with Crippen LogP contribution in [0.1, 0.15) is 10.4 Å². The van der Waals surface area contributed by atoms with Gasteiger partial charge in [0.05, 0.1) is 17.8 Å². The molecule has 0 spiro atoms. The molecular weight excluding hydrogens is 392 g/mol. The van der Waals surface area contributed by atoms with Crippen LogP contribution in [0.2, 0.25) is 0 Å². The quantitative estimate of drug-likeness (QED) is 0.680. The first kappa shape index (κ1) is 14.1. The van der Waals surface area contributed by atoms with Crippen LogP contribution in [0, 0.1) is 0 Å². The average molecular weight is 404 g/mol. The first-order valence-corrected chi connectivity index (χ1v) is 7.67. The molecule has 5 nitrogen and oxygen atoms in total. The molecule has 0 aliphatic carbocycles. The number of H-pyrrole nitrogens is 1. The molecular formula is C13H12Br2N2O3. The van der Waals surface area contributed by atoms with Crippen molar-refractivity contribution < 1.29 is 15.0 Å². The van der Waals surface area contributed by atoms with Crippen LogP contribution in [0.4, 0.5) is 0 Å². The average Bonchev–Trinajstić information content (AvgIpc) is 2.94. The summed E-state index contributed by atoms with van der Waals surface area (Å²) >= 11 is 6.84. The number of carbonyl (C=O) groups excluding carboxylic acids is 1. The number of aromatic nitrogens is 1. The van der Waals surface area contributed by atoms with Gasteiger partial charge >= 0.3 is 0 Å². The summed E-state index contributed by atoms with van der Waals surface area (Å²) < 4.78 is 1.76. The SMILES string of the molecule is O=C(c1c[nH]c2cc(Br)c(Br)cc12)N1CC(O)C(O)C1. The normalized spacial score (nSPS) is 22.7. The van der Waals surface area contributed by atoms with Crippen LogP contribution in [0.5, 0.6) is 0 Å². The number of fused-ring (bicyclic) bond motifs is 1. The number of halogens is 2. The van der Waals surface area contributed by atoms with Gasteiger partial charge in [-0.1, -0.05) is 0 Å². The highest BCUT2D eigenvalue weighted by molar-refractivity contribution is 9.13. The molecule has 0 saturated carbocycles. The van der Waals surface area contributed by atoms with Gasteiger partial charge in [-0.2, -0.15) is 0 Å². The smallest absolute Gasteiger partial charge is 0.256 e. The van der Waals surface area contributed by atoms with Gasteiger partial charge in [0, 0.05) is 39.1 Å². The van der Waals surface area contributed by atoms with Crippen LogP contribution in [0.3, 0.4) is 0 Å². The first-order valence-electron chi connectivity index (χ1n) is 6.09. The maximum atomic E-state index is 12.5. The molecule has 2 atom stereocenters. The van der Waals surface area contributed by atoms with Crippen molar-refractivity contribution in [2.75, 3.05) is 13.1 Å².